The van der Waals surface area contributed by atoms with Crippen molar-refractivity contribution in [3.63, 3.8) is 0 Å². The van der Waals surface area contributed by atoms with Gasteiger partial charge in [-0.2, -0.15) is 13.2 Å². The van der Waals surface area contributed by atoms with Gasteiger partial charge in [0, 0.05) is 10.6 Å². The van der Waals surface area contributed by atoms with Crippen LogP contribution in [0.1, 0.15) is 23.5 Å². The number of rotatable bonds is 8. The molecule has 2 N–H and O–H groups in total. The van der Waals surface area contributed by atoms with Crippen LogP contribution in [0.25, 0.3) is 16.9 Å². The fraction of sp³-hybridized carbons (Fsp3) is 0.360. The molecule has 0 radical (unpaired) electrons. The van der Waals surface area contributed by atoms with E-state index in [1.165, 1.54) is 12.1 Å². The zero-order chi connectivity index (χ0) is 31.9. The molecule has 10 nitrogen and oxygen atoms in total. The summed E-state index contributed by atoms with van der Waals surface area (Å²) >= 11 is 8.85. The van der Waals surface area contributed by atoms with Crippen molar-refractivity contribution in [2.75, 3.05) is 13.2 Å². The first-order valence-corrected chi connectivity index (χ1v) is 13.7. The van der Waals surface area contributed by atoms with Crippen LogP contribution >= 0.6 is 27.5 Å². The highest BCUT2D eigenvalue weighted by Gasteiger charge is 2.50. The van der Waals surface area contributed by atoms with Crippen LogP contribution in [-0.4, -0.2) is 77.9 Å². The first-order valence-electron chi connectivity index (χ1n) is 12.5. The SMILES string of the molecule is OC[C@H]1O[C@@H](c2nncn2-c2cc(Cl)ccc2C(F)(F)F)[C@H](OCC(F)F)[C@@H](n2cc(-c3ccc(Br)c(F)c3F)nn2)[C@H]1O. The Bertz CT molecular complexity index is 1640. The summed E-state index contributed by atoms with van der Waals surface area (Å²) in [6.45, 7) is -2.09. The molecule has 5 atom stereocenters. The van der Waals surface area contributed by atoms with Crippen molar-refractivity contribution < 1.29 is 50.4 Å². The maximum absolute atomic E-state index is 14.7. The van der Waals surface area contributed by atoms with Crippen LogP contribution in [0.3, 0.4) is 0 Å². The number of aliphatic hydroxyl groups is 2. The number of hydrogen-bond donors (Lipinski definition) is 2. The van der Waals surface area contributed by atoms with Gasteiger partial charge in [-0.25, -0.2) is 22.2 Å². The van der Waals surface area contributed by atoms with Crippen LogP contribution in [0.2, 0.25) is 5.02 Å². The van der Waals surface area contributed by atoms with Crippen LogP contribution in [-0.2, 0) is 15.7 Å². The van der Waals surface area contributed by atoms with E-state index in [-0.39, 0.29) is 20.8 Å². The van der Waals surface area contributed by atoms with Crippen molar-refractivity contribution in [3.05, 3.63) is 75.4 Å². The summed E-state index contributed by atoms with van der Waals surface area (Å²) < 4.78 is 110. The van der Waals surface area contributed by atoms with Gasteiger partial charge in [0.2, 0.25) is 0 Å². The van der Waals surface area contributed by atoms with Crippen molar-refractivity contribution in [1.29, 1.82) is 0 Å². The summed E-state index contributed by atoms with van der Waals surface area (Å²) in [6, 6.07) is 3.58. The lowest BCUT2D eigenvalue weighted by molar-refractivity contribution is -0.229. The predicted molar refractivity (Wildman–Crippen MR) is 140 cm³/mol. The minimum absolute atomic E-state index is 0.0870. The van der Waals surface area contributed by atoms with E-state index >= 15 is 0 Å². The van der Waals surface area contributed by atoms with E-state index < -0.39 is 85.0 Å². The molecule has 1 aliphatic heterocycles. The molecular weight excluding hydrogens is 697 g/mol. The Kier molecular flexibility index (Phi) is 9.29. The molecule has 19 heteroatoms. The molecule has 0 saturated carbocycles. The third-order valence-electron chi connectivity index (χ3n) is 6.76. The number of hydrogen-bond acceptors (Lipinski definition) is 8. The molecule has 2 aromatic carbocycles. The molecule has 4 aromatic rings. The molecule has 0 bridgehead atoms. The highest BCUT2D eigenvalue weighted by Crippen LogP contribution is 2.42. The van der Waals surface area contributed by atoms with Crippen LogP contribution in [0.4, 0.5) is 30.7 Å². The van der Waals surface area contributed by atoms with E-state index in [9.17, 15) is 40.9 Å². The van der Waals surface area contributed by atoms with Crippen LogP contribution in [0, 0.1) is 11.6 Å². The van der Waals surface area contributed by atoms with Gasteiger partial charge in [-0.15, -0.1) is 15.3 Å². The lowest BCUT2D eigenvalue weighted by atomic mass is 9.91. The fourth-order valence-electron chi connectivity index (χ4n) is 4.81. The van der Waals surface area contributed by atoms with Crippen molar-refractivity contribution in [1.82, 2.24) is 29.8 Å². The molecule has 1 fully saturated rings. The second kappa shape index (κ2) is 12.7. The van der Waals surface area contributed by atoms with Gasteiger partial charge in [-0.05, 0) is 46.3 Å². The van der Waals surface area contributed by atoms with Crippen LogP contribution in [0.15, 0.2) is 47.3 Å². The Balaban J connectivity index is 1.63. The third kappa shape index (κ3) is 6.18. The molecule has 236 valence electrons. The average Bonchev–Trinajstić information content (AvgIpc) is 3.64. The summed E-state index contributed by atoms with van der Waals surface area (Å²) in [6.07, 6.45) is -12.5. The van der Waals surface area contributed by atoms with Gasteiger partial charge in [-0.3, -0.25) is 4.57 Å². The summed E-state index contributed by atoms with van der Waals surface area (Å²) in [7, 11) is 0. The topological polar surface area (TPSA) is 120 Å². The second-order valence-corrected chi connectivity index (χ2v) is 10.8. The maximum Gasteiger partial charge on any atom is 0.418 e. The number of aromatic nitrogens is 6. The van der Waals surface area contributed by atoms with E-state index in [2.05, 4.69) is 36.4 Å². The highest BCUT2D eigenvalue weighted by atomic mass is 79.9. The van der Waals surface area contributed by atoms with E-state index in [4.69, 9.17) is 21.1 Å². The molecule has 0 spiro atoms. The number of ether oxygens (including phenoxy) is 2. The molecule has 44 heavy (non-hydrogen) atoms. The quantitative estimate of drug-likeness (QED) is 0.195. The van der Waals surface area contributed by atoms with Crippen molar-refractivity contribution in [2.24, 2.45) is 0 Å². The molecule has 0 amide bonds. The first-order chi connectivity index (χ1) is 20.8. The van der Waals surface area contributed by atoms with Gasteiger partial charge in [0.25, 0.3) is 6.43 Å². The zero-order valence-corrected chi connectivity index (χ0v) is 24.1. The largest absolute Gasteiger partial charge is 0.418 e. The second-order valence-electron chi connectivity index (χ2n) is 9.47. The Hall–Kier alpha value is -3.16. The molecule has 5 rings (SSSR count). The number of alkyl halides is 5. The Morgan fingerprint density at radius 2 is 1.86 bits per heavy atom. The maximum atomic E-state index is 14.7. The summed E-state index contributed by atoms with van der Waals surface area (Å²) in [5, 5.41) is 36.2. The summed E-state index contributed by atoms with van der Waals surface area (Å²) in [4.78, 5) is 0. The third-order valence-corrected chi connectivity index (χ3v) is 7.61. The molecular formula is C25H19BrClF7N6O4. The summed E-state index contributed by atoms with van der Waals surface area (Å²) in [5.41, 5.74) is -2.25. The monoisotopic (exact) mass is 714 g/mol. The average molecular weight is 716 g/mol. The molecule has 2 aromatic heterocycles. The normalized spacial score (nSPS) is 22.6. The Morgan fingerprint density at radius 1 is 1.11 bits per heavy atom. The minimum Gasteiger partial charge on any atom is -0.394 e. The van der Waals surface area contributed by atoms with Gasteiger partial charge in [0.1, 0.15) is 49.1 Å². The lowest BCUT2D eigenvalue weighted by Crippen LogP contribution is -2.54. The van der Waals surface area contributed by atoms with E-state index in [0.29, 0.717) is 0 Å². The molecule has 0 unspecified atom stereocenters. The van der Waals surface area contributed by atoms with E-state index in [0.717, 1.165) is 40.0 Å². The van der Waals surface area contributed by atoms with Crippen molar-refractivity contribution in [2.45, 2.75) is 43.1 Å². The molecule has 0 aliphatic carbocycles. The number of benzene rings is 2. The van der Waals surface area contributed by atoms with E-state index in [1.54, 1.807) is 0 Å². The fourth-order valence-corrected chi connectivity index (χ4v) is 5.28. The van der Waals surface area contributed by atoms with Gasteiger partial charge in [0.15, 0.2) is 17.5 Å². The van der Waals surface area contributed by atoms with Gasteiger partial charge >= 0.3 is 6.18 Å². The molecule has 1 saturated heterocycles. The molecule has 3 heterocycles. The Morgan fingerprint density at radius 3 is 2.55 bits per heavy atom. The number of nitrogens with zero attached hydrogens (tertiary/aromatic N) is 6. The lowest BCUT2D eigenvalue weighted by Gasteiger charge is -2.43. The van der Waals surface area contributed by atoms with Crippen molar-refractivity contribution in [3.8, 4) is 16.9 Å². The standard InChI is InChI=1S/C25H19BrClF7N6O4/c26-13-4-2-11(18(30)19(13)31)14-6-40(38-36-14)20-21(42)16(7-41)44-23(22(20)43-8-17(28)29)24-37-35-9-39(24)15-5-10(27)1-3-12(15)25(32,33)34/h1-6,9,16-17,20-23,41-42H,7-8H2/t16-,20+,21+,22-,23-/m1/s1. The van der Waals surface area contributed by atoms with Gasteiger partial charge in [-0.1, -0.05) is 16.8 Å². The minimum atomic E-state index is -4.87. The number of halogens is 9. The van der Waals surface area contributed by atoms with Crippen LogP contribution < -0.4 is 0 Å². The zero-order valence-electron chi connectivity index (χ0n) is 21.7. The first kappa shape index (κ1) is 32.2. The smallest absolute Gasteiger partial charge is 0.394 e. The predicted octanol–water partition coefficient (Wildman–Crippen LogP) is 4.92. The van der Waals surface area contributed by atoms with E-state index in [1.807, 2.05) is 0 Å². The highest BCUT2D eigenvalue weighted by molar-refractivity contribution is 9.10. The summed E-state index contributed by atoms with van der Waals surface area (Å²) in [5.74, 6) is -2.90. The van der Waals surface area contributed by atoms with Crippen LogP contribution in [0.5, 0.6) is 0 Å². The number of aliphatic hydroxyl groups excluding tert-OH is 2. The van der Waals surface area contributed by atoms with Gasteiger partial charge < -0.3 is 19.7 Å². The van der Waals surface area contributed by atoms with Crippen molar-refractivity contribution >= 4 is 27.5 Å². The molecule has 1 aliphatic rings. The van der Waals surface area contributed by atoms with Gasteiger partial charge in [0.05, 0.1) is 28.5 Å². The Labute approximate surface area is 256 Å².